The van der Waals surface area contributed by atoms with E-state index in [9.17, 15) is 16.8 Å². The van der Waals surface area contributed by atoms with Crippen molar-refractivity contribution in [2.75, 3.05) is 17.8 Å². The molecule has 2 aromatic carbocycles. The van der Waals surface area contributed by atoms with Crippen molar-refractivity contribution in [1.29, 1.82) is 0 Å². The average Bonchev–Trinajstić information content (AvgIpc) is 2.95. The Labute approximate surface area is 152 Å². The number of benzene rings is 2. The van der Waals surface area contributed by atoms with Crippen molar-refractivity contribution in [3.63, 3.8) is 0 Å². The maximum Gasteiger partial charge on any atom is 0.177 e. The standard InChI is InChI=1S/C17H19N3O4S2/c1-11-5-4-6-14-17(11)20-16(19-14)10-18-13-8-7-12(25(2,21)22)9-15(13)26(3,23)24/h4-9,18H,10H2,1-3H3,(H,19,20). The van der Waals surface area contributed by atoms with E-state index in [1.165, 1.54) is 18.2 Å². The number of H-pyrrole nitrogens is 1. The number of aromatic amines is 1. The minimum atomic E-state index is -3.61. The van der Waals surface area contributed by atoms with Gasteiger partial charge in [0.05, 0.1) is 33.1 Å². The molecule has 0 saturated heterocycles. The summed E-state index contributed by atoms with van der Waals surface area (Å²) in [7, 11) is -7.11. The molecule has 0 unspecified atom stereocenters. The normalized spacial score (nSPS) is 12.4. The van der Waals surface area contributed by atoms with E-state index < -0.39 is 19.7 Å². The molecule has 0 saturated carbocycles. The minimum absolute atomic E-state index is 0.0390. The first kappa shape index (κ1) is 18.4. The van der Waals surface area contributed by atoms with Crippen LogP contribution in [-0.2, 0) is 26.2 Å². The smallest absolute Gasteiger partial charge is 0.177 e. The number of aromatic nitrogens is 2. The van der Waals surface area contributed by atoms with Crippen LogP contribution in [0.2, 0.25) is 0 Å². The number of fused-ring (bicyclic) bond motifs is 1. The van der Waals surface area contributed by atoms with E-state index in [-0.39, 0.29) is 16.3 Å². The Bertz CT molecular complexity index is 1200. The van der Waals surface area contributed by atoms with Crippen molar-refractivity contribution in [3.05, 3.63) is 47.8 Å². The van der Waals surface area contributed by atoms with Crippen LogP contribution < -0.4 is 5.32 Å². The van der Waals surface area contributed by atoms with E-state index in [4.69, 9.17) is 0 Å². The van der Waals surface area contributed by atoms with Gasteiger partial charge in [-0.1, -0.05) is 12.1 Å². The molecular weight excluding hydrogens is 374 g/mol. The summed E-state index contributed by atoms with van der Waals surface area (Å²) in [6.07, 6.45) is 2.09. The van der Waals surface area contributed by atoms with E-state index in [0.717, 1.165) is 29.1 Å². The van der Waals surface area contributed by atoms with Gasteiger partial charge < -0.3 is 10.3 Å². The van der Waals surface area contributed by atoms with Crippen molar-refractivity contribution in [3.8, 4) is 0 Å². The van der Waals surface area contributed by atoms with E-state index >= 15 is 0 Å². The molecule has 7 nitrogen and oxygen atoms in total. The first-order chi connectivity index (χ1) is 12.1. The Balaban J connectivity index is 1.95. The van der Waals surface area contributed by atoms with Gasteiger partial charge in [0, 0.05) is 12.5 Å². The van der Waals surface area contributed by atoms with Gasteiger partial charge in [0.15, 0.2) is 19.7 Å². The molecule has 0 aliphatic rings. The predicted octanol–water partition coefficient (Wildman–Crippen LogP) is 2.29. The van der Waals surface area contributed by atoms with Gasteiger partial charge in [-0.2, -0.15) is 0 Å². The third-order valence-corrected chi connectivity index (χ3v) is 6.24. The highest BCUT2D eigenvalue weighted by Crippen LogP contribution is 2.26. The number of rotatable bonds is 5. The molecule has 9 heteroatoms. The van der Waals surface area contributed by atoms with E-state index in [2.05, 4.69) is 15.3 Å². The fourth-order valence-corrected chi connectivity index (χ4v) is 4.28. The summed E-state index contributed by atoms with van der Waals surface area (Å²) in [5, 5.41) is 3.03. The number of aryl methyl sites for hydroxylation is 1. The third kappa shape index (κ3) is 3.73. The summed E-state index contributed by atoms with van der Waals surface area (Å²) in [5.41, 5.74) is 3.13. The Morgan fingerprint density at radius 3 is 2.38 bits per heavy atom. The molecule has 0 aliphatic carbocycles. The molecule has 3 rings (SSSR count). The number of anilines is 1. The van der Waals surface area contributed by atoms with Gasteiger partial charge in [0.2, 0.25) is 0 Å². The Hall–Kier alpha value is -2.39. The van der Waals surface area contributed by atoms with Gasteiger partial charge in [-0.3, -0.25) is 0 Å². The van der Waals surface area contributed by atoms with Gasteiger partial charge in [-0.05, 0) is 36.8 Å². The summed E-state index contributed by atoms with van der Waals surface area (Å²) in [5.74, 6) is 0.654. The number of nitrogens with zero attached hydrogens (tertiary/aromatic N) is 1. The molecule has 0 atom stereocenters. The number of para-hydroxylation sites is 1. The molecule has 2 N–H and O–H groups in total. The summed E-state index contributed by atoms with van der Waals surface area (Å²) in [6, 6.07) is 9.83. The number of imidazole rings is 1. The van der Waals surface area contributed by atoms with E-state index in [1.807, 2.05) is 25.1 Å². The zero-order valence-corrected chi connectivity index (χ0v) is 16.2. The molecular formula is C17H19N3O4S2. The fourth-order valence-electron chi connectivity index (χ4n) is 2.68. The summed E-state index contributed by atoms with van der Waals surface area (Å²) >= 11 is 0. The fraction of sp³-hybridized carbons (Fsp3) is 0.235. The lowest BCUT2D eigenvalue weighted by Crippen LogP contribution is -2.09. The van der Waals surface area contributed by atoms with Crippen LogP contribution in [0.3, 0.4) is 0 Å². The maximum absolute atomic E-state index is 12.1. The third-order valence-electron chi connectivity index (χ3n) is 3.99. The topological polar surface area (TPSA) is 109 Å². The van der Waals surface area contributed by atoms with Crippen LogP contribution in [-0.4, -0.2) is 39.3 Å². The minimum Gasteiger partial charge on any atom is -0.377 e. The molecule has 138 valence electrons. The van der Waals surface area contributed by atoms with Crippen LogP contribution in [0.4, 0.5) is 5.69 Å². The lowest BCUT2D eigenvalue weighted by atomic mass is 10.2. The first-order valence-corrected chi connectivity index (χ1v) is 11.6. The van der Waals surface area contributed by atoms with Gasteiger partial charge in [-0.25, -0.2) is 21.8 Å². The van der Waals surface area contributed by atoms with Gasteiger partial charge >= 0.3 is 0 Å². The van der Waals surface area contributed by atoms with Crippen molar-refractivity contribution < 1.29 is 16.8 Å². The highest BCUT2D eigenvalue weighted by molar-refractivity contribution is 7.91. The molecule has 0 fully saturated rings. The molecule has 0 spiro atoms. The van der Waals surface area contributed by atoms with Gasteiger partial charge in [-0.15, -0.1) is 0 Å². The number of nitrogens with one attached hydrogen (secondary N) is 2. The highest BCUT2D eigenvalue weighted by atomic mass is 32.2. The van der Waals surface area contributed by atoms with Gasteiger partial charge in [0.25, 0.3) is 0 Å². The number of hydrogen-bond acceptors (Lipinski definition) is 6. The highest BCUT2D eigenvalue weighted by Gasteiger charge is 2.18. The number of hydrogen-bond donors (Lipinski definition) is 2. The average molecular weight is 393 g/mol. The molecule has 1 aromatic heterocycles. The van der Waals surface area contributed by atoms with Crippen molar-refractivity contribution >= 4 is 36.4 Å². The number of sulfone groups is 2. The van der Waals surface area contributed by atoms with E-state index in [1.54, 1.807) is 0 Å². The Morgan fingerprint density at radius 1 is 1.04 bits per heavy atom. The van der Waals surface area contributed by atoms with Crippen LogP contribution in [0.25, 0.3) is 11.0 Å². The molecule has 0 bridgehead atoms. The molecule has 26 heavy (non-hydrogen) atoms. The second-order valence-electron chi connectivity index (χ2n) is 6.21. The quantitative estimate of drug-likeness (QED) is 0.688. The first-order valence-electron chi connectivity index (χ1n) is 7.78. The second-order valence-corrected chi connectivity index (χ2v) is 10.2. The second kappa shape index (κ2) is 6.40. The van der Waals surface area contributed by atoms with Crippen LogP contribution in [0.5, 0.6) is 0 Å². The van der Waals surface area contributed by atoms with Crippen molar-refractivity contribution in [2.24, 2.45) is 0 Å². The summed E-state index contributed by atoms with van der Waals surface area (Å²) < 4.78 is 47.6. The van der Waals surface area contributed by atoms with E-state index in [0.29, 0.717) is 11.5 Å². The Morgan fingerprint density at radius 2 is 1.77 bits per heavy atom. The maximum atomic E-state index is 12.1. The zero-order chi connectivity index (χ0) is 19.1. The molecule has 1 heterocycles. The molecule has 3 aromatic rings. The largest absolute Gasteiger partial charge is 0.377 e. The summed E-state index contributed by atoms with van der Waals surface area (Å²) in [6.45, 7) is 2.24. The molecule has 0 aliphatic heterocycles. The lowest BCUT2D eigenvalue weighted by molar-refractivity contribution is 0.600. The SMILES string of the molecule is Cc1cccc2[nH]c(CNc3ccc(S(C)(=O)=O)cc3S(C)(=O)=O)nc12. The molecule has 0 radical (unpaired) electrons. The summed E-state index contributed by atoms with van der Waals surface area (Å²) in [4.78, 5) is 7.59. The van der Waals surface area contributed by atoms with Crippen molar-refractivity contribution in [2.45, 2.75) is 23.3 Å². The zero-order valence-electron chi connectivity index (χ0n) is 14.6. The molecule has 0 amide bonds. The van der Waals surface area contributed by atoms with Gasteiger partial charge in [0.1, 0.15) is 5.82 Å². The van der Waals surface area contributed by atoms with Crippen LogP contribution in [0, 0.1) is 6.92 Å². The lowest BCUT2D eigenvalue weighted by Gasteiger charge is -2.11. The monoisotopic (exact) mass is 393 g/mol. The van der Waals surface area contributed by atoms with Crippen LogP contribution in [0.15, 0.2) is 46.2 Å². The Kier molecular flexibility index (Phi) is 4.53. The predicted molar refractivity (Wildman–Crippen MR) is 101 cm³/mol. The van der Waals surface area contributed by atoms with Crippen LogP contribution in [0.1, 0.15) is 11.4 Å². The van der Waals surface area contributed by atoms with Crippen molar-refractivity contribution in [1.82, 2.24) is 9.97 Å². The van der Waals surface area contributed by atoms with Crippen LogP contribution >= 0.6 is 0 Å².